The van der Waals surface area contributed by atoms with E-state index in [4.69, 9.17) is 15.0 Å². The van der Waals surface area contributed by atoms with E-state index in [1.54, 1.807) is 7.11 Å². The Kier molecular flexibility index (Phi) is 4.39. The fraction of sp³-hybridized carbons (Fsp3) is 0.889. The average Bonchev–Trinajstić information content (AvgIpc) is 2.28. The topological polar surface area (TPSA) is 84.3 Å². The van der Waals surface area contributed by atoms with Gasteiger partial charge in [0.05, 0.1) is 19.1 Å². The van der Waals surface area contributed by atoms with Crippen LogP contribution in [0.3, 0.4) is 0 Å². The predicted molar refractivity (Wildman–Crippen MR) is 53.1 cm³/mol. The monoisotopic (exact) mass is 213 g/mol. The minimum absolute atomic E-state index is 0.0687. The highest BCUT2D eigenvalue weighted by molar-refractivity contribution is 5.73. The van der Waals surface area contributed by atoms with Crippen LogP contribution < -0.4 is 0 Å². The van der Waals surface area contributed by atoms with Crippen LogP contribution in [0.5, 0.6) is 0 Å². The highest BCUT2D eigenvalue weighted by Crippen LogP contribution is 2.29. The zero-order valence-electron chi connectivity index (χ0n) is 8.92. The number of azide groups is 1. The van der Waals surface area contributed by atoms with Gasteiger partial charge in [-0.05, 0) is 24.8 Å². The Morgan fingerprint density at radius 2 is 2.20 bits per heavy atom. The van der Waals surface area contributed by atoms with E-state index in [-0.39, 0.29) is 24.0 Å². The molecule has 0 aromatic rings. The molecule has 0 aromatic carbocycles. The van der Waals surface area contributed by atoms with Gasteiger partial charge in [0.2, 0.25) is 0 Å². The summed E-state index contributed by atoms with van der Waals surface area (Å²) in [6, 6.07) is -0.0687. The zero-order chi connectivity index (χ0) is 11.3. The van der Waals surface area contributed by atoms with E-state index in [0.29, 0.717) is 19.3 Å². The van der Waals surface area contributed by atoms with E-state index < -0.39 is 0 Å². The number of nitrogens with zero attached hydrogens (tertiary/aromatic N) is 3. The molecule has 0 aliphatic heterocycles. The second-order valence-corrected chi connectivity index (χ2v) is 3.58. The number of hydrogen-bond acceptors (Lipinski definition) is 4. The lowest BCUT2D eigenvalue weighted by Crippen LogP contribution is -2.38. The molecule has 15 heavy (non-hydrogen) atoms. The number of methoxy groups -OCH3 is 2. The van der Waals surface area contributed by atoms with Crippen LogP contribution in [0.25, 0.3) is 10.4 Å². The van der Waals surface area contributed by atoms with Crippen LogP contribution in [0.1, 0.15) is 19.3 Å². The van der Waals surface area contributed by atoms with Crippen LogP contribution in [-0.2, 0) is 14.3 Å². The van der Waals surface area contributed by atoms with Crippen molar-refractivity contribution in [3.05, 3.63) is 10.4 Å². The molecule has 0 bridgehead atoms. The lowest BCUT2D eigenvalue weighted by atomic mass is 9.84. The summed E-state index contributed by atoms with van der Waals surface area (Å²) in [4.78, 5) is 14.2. The van der Waals surface area contributed by atoms with Gasteiger partial charge in [-0.2, -0.15) is 0 Å². The molecular weight excluding hydrogens is 198 g/mol. The highest BCUT2D eigenvalue weighted by atomic mass is 16.5. The molecule has 3 atom stereocenters. The second-order valence-electron chi connectivity index (χ2n) is 3.58. The van der Waals surface area contributed by atoms with Crippen LogP contribution >= 0.6 is 0 Å². The van der Waals surface area contributed by atoms with Gasteiger partial charge in [0.15, 0.2) is 0 Å². The molecule has 0 saturated heterocycles. The Hall–Kier alpha value is -1.26. The van der Waals surface area contributed by atoms with Crippen molar-refractivity contribution in [1.82, 2.24) is 0 Å². The first-order valence-electron chi connectivity index (χ1n) is 4.87. The maximum absolute atomic E-state index is 11.4. The van der Waals surface area contributed by atoms with Crippen LogP contribution in [0, 0.1) is 5.92 Å². The molecule has 1 aliphatic carbocycles. The Labute approximate surface area is 88.2 Å². The summed E-state index contributed by atoms with van der Waals surface area (Å²) < 4.78 is 9.91. The maximum atomic E-state index is 11.4. The number of ether oxygens (including phenoxy) is 2. The SMILES string of the molecule is COC(=O)[C@H]1CC[C@H](N=[N+]=[N-])C[C@H]1OC. The summed E-state index contributed by atoms with van der Waals surface area (Å²) in [5, 5.41) is 3.65. The molecule has 1 aliphatic rings. The van der Waals surface area contributed by atoms with Gasteiger partial charge < -0.3 is 9.47 Å². The lowest BCUT2D eigenvalue weighted by molar-refractivity contribution is -0.152. The molecule has 1 rings (SSSR count). The fourth-order valence-corrected chi connectivity index (χ4v) is 1.97. The Morgan fingerprint density at radius 1 is 1.47 bits per heavy atom. The van der Waals surface area contributed by atoms with Crippen molar-refractivity contribution in [3.63, 3.8) is 0 Å². The van der Waals surface area contributed by atoms with Crippen molar-refractivity contribution >= 4 is 5.97 Å². The van der Waals surface area contributed by atoms with Crippen molar-refractivity contribution in [1.29, 1.82) is 0 Å². The van der Waals surface area contributed by atoms with Gasteiger partial charge in [0, 0.05) is 18.1 Å². The van der Waals surface area contributed by atoms with Crippen LogP contribution in [0.4, 0.5) is 0 Å². The van der Waals surface area contributed by atoms with Crippen LogP contribution in [0.2, 0.25) is 0 Å². The minimum Gasteiger partial charge on any atom is -0.469 e. The Bertz CT molecular complexity index is 276. The Morgan fingerprint density at radius 3 is 2.73 bits per heavy atom. The van der Waals surface area contributed by atoms with E-state index in [2.05, 4.69) is 10.0 Å². The van der Waals surface area contributed by atoms with E-state index in [1.807, 2.05) is 0 Å². The van der Waals surface area contributed by atoms with Crippen molar-refractivity contribution in [3.8, 4) is 0 Å². The number of esters is 1. The van der Waals surface area contributed by atoms with Gasteiger partial charge in [-0.1, -0.05) is 5.11 Å². The normalized spacial score (nSPS) is 30.4. The Balaban J connectivity index is 2.64. The molecule has 0 radical (unpaired) electrons. The quantitative estimate of drug-likeness (QED) is 0.309. The number of hydrogen-bond donors (Lipinski definition) is 0. The second kappa shape index (κ2) is 5.58. The molecule has 6 heteroatoms. The zero-order valence-corrected chi connectivity index (χ0v) is 8.92. The van der Waals surface area contributed by atoms with Gasteiger partial charge in [0.1, 0.15) is 0 Å². The van der Waals surface area contributed by atoms with Crippen molar-refractivity contribution in [2.24, 2.45) is 11.0 Å². The van der Waals surface area contributed by atoms with Gasteiger partial charge in [-0.3, -0.25) is 4.79 Å². The van der Waals surface area contributed by atoms with Gasteiger partial charge >= 0.3 is 5.97 Å². The molecule has 0 heterocycles. The number of carbonyl (C=O) groups excluding carboxylic acids is 1. The third-order valence-electron chi connectivity index (χ3n) is 2.79. The molecule has 0 amide bonds. The summed E-state index contributed by atoms with van der Waals surface area (Å²) in [6.45, 7) is 0. The van der Waals surface area contributed by atoms with Crippen molar-refractivity contribution in [2.75, 3.05) is 14.2 Å². The number of rotatable bonds is 3. The van der Waals surface area contributed by atoms with E-state index >= 15 is 0 Å². The molecule has 6 nitrogen and oxygen atoms in total. The largest absolute Gasteiger partial charge is 0.469 e. The summed E-state index contributed by atoms with van der Waals surface area (Å²) in [6.07, 6.45) is 1.74. The standard InChI is InChI=1S/C9H15N3O3/c1-14-8-5-6(11-12-10)3-4-7(8)9(13)15-2/h6-8H,3-5H2,1-2H3/t6-,7-,8+/m0/s1. The van der Waals surface area contributed by atoms with Crippen molar-refractivity contribution < 1.29 is 14.3 Å². The highest BCUT2D eigenvalue weighted by Gasteiger charge is 2.35. The molecule has 0 aromatic heterocycles. The fourth-order valence-electron chi connectivity index (χ4n) is 1.97. The lowest BCUT2D eigenvalue weighted by Gasteiger charge is -2.31. The summed E-state index contributed by atoms with van der Waals surface area (Å²) in [5.41, 5.74) is 8.32. The summed E-state index contributed by atoms with van der Waals surface area (Å²) >= 11 is 0. The molecule has 84 valence electrons. The van der Waals surface area contributed by atoms with Gasteiger partial charge in [-0.25, -0.2) is 0 Å². The molecular formula is C9H15N3O3. The van der Waals surface area contributed by atoms with E-state index in [0.717, 1.165) is 0 Å². The molecule has 0 N–H and O–H groups in total. The molecule has 0 unspecified atom stereocenters. The third kappa shape index (κ3) is 2.84. The van der Waals surface area contributed by atoms with Crippen LogP contribution in [-0.4, -0.2) is 32.3 Å². The van der Waals surface area contributed by atoms with E-state index in [9.17, 15) is 4.79 Å². The molecule has 0 spiro atoms. The predicted octanol–water partition coefficient (Wildman–Crippen LogP) is 1.65. The smallest absolute Gasteiger partial charge is 0.311 e. The van der Waals surface area contributed by atoms with Crippen LogP contribution in [0.15, 0.2) is 5.11 Å². The third-order valence-corrected chi connectivity index (χ3v) is 2.79. The first-order chi connectivity index (χ1) is 7.22. The first-order valence-corrected chi connectivity index (χ1v) is 4.87. The summed E-state index contributed by atoms with van der Waals surface area (Å²) in [7, 11) is 2.92. The molecule has 1 fully saturated rings. The van der Waals surface area contributed by atoms with Crippen molar-refractivity contribution in [2.45, 2.75) is 31.4 Å². The van der Waals surface area contributed by atoms with Gasteiger partial charge in [-0.15, -0.1) is 0 Å². The summed E-state index contributed by atoms with van der Waals surface area (Å²) in [5.74, 6) is -0.480. The number of carbonyl (C=O) groups is 1. The molecule has 1 saturated carbocycles. The van der Waals surface area contributed by atoms with Gasteiger partial charge in [0.25, 0.3) is 0 Å². The first kappa shape index (κ1) is 11.8. The van der Waals surface area contributed by atoms with E-state index in [1.165, 1.54) is 7.11 Å². The average molecular weight is 213 g/mol. The maximum Gasteiger partial charge on any atom is 0.311 e. The minimum atomic E-state index is -0.249.